The average Bonchev–Trinajstić information content (AvgIpc) is 2.48. The normalized spacial score (nSPS) is 20.4. The van der Waals surface area contributed by atoms with Crippen LogP contribution in [0.2, 0.25) is 0 Å². The highest BCUT2D eigenvalue weighted by Gasteiger charge is 2.35. The van der Waals surface area contributed by atoms with Gasteiger partial charge in [-0.2, -0.15) is 0 Å². The quantitative estimate of drug-likeness (QED) is 0.875. The molecule has 1 amide bonds. The van der Waals surface area contributed by atoms with Gasteiger partial charge in [0.1, 0.15) is 0 Å². The van der Waals surface area contributed by atoms with Gasteiger partial charge in [-0.25, -0.2) is 0 Å². The molecule has 1 atom stereocenters. The van der Waals surface area contributed by atoms with Crippen LogP contribution in [0.4, 0.5) is 5.69 Å². The van der Waals surface area contributed by atoms with Crippen molar-refractivity contribution in [1.29, 1.82) is 0 Å². The fourth-order valence-electron chi connectivity index (χ4n) is 2.72. The van der Waals surface area contributed by atoms with Crippen LogP contribution in [-0.4, -0.2) is 36.6 Å². The molecule has 0 spiro atoms. The van der Waals surface area contributed by atoms with E-state index in [2.05, 4.69) is 19.2 Å². The van der Waals surface area contributed by atoms with Gasteiger partial charge in [0, 0.05) is 5.69 Å². The molecular formula is C15H22N2O2. The maximum Gasteiger partial charge on any atom is 0.238 e. The van der Waals surface area contributed by atoms with Gasteiger partial charge in [-0.05, 0) is 49.2 Å². The number of anilines is 1. The predicted octanol–water partition coefficient (Wildman–Crippen LogP) is 1.90. The molecule has 1 aromatic rings. The molecule has 0 unspecified atom stereocenters. The number of benzene rings is 1. The van der Waals surface area contributed by atoms with E-state index in [-0.39, 0.29) is 11.3 Å². The van der Waals surface area contributed by atoms with Gasteiger partial charge >= 0.3 is 0 Å². The Hall–Kier alpha value is -1.39. The lowest BCUT2D eigenvalue weighted by atomic mass is 9.86. The van der Waals surface area contributed by atoms with Crippen molar-refractivity contribution in [2.75, 3.05) is 26.0 Å². The number of aliphatic hydroxyl groups is 1. The van der Waals surface area contributed by atoms with Crippen molar-refractivity contribution in [2.45, 2.75) is 31.8 Å². The van der Waals surface area contributed by atoms with Crippen LogP contribution < -0.4 is 5.32 Å². The summed E-state index contributed by atoms with van der Waals surface area (Å²) < 4.78 is 0. The van der Waals surface area contributed by atoms with E-state index in [9.17, 15) is 9.90 Å². The summed E-state index contributed by atoms with van der Waals surface area (Å²) in [4.78, 5) is 13.5. The number of rotatable bonds is 3. The topological polar surface area (TPSA) is 52.6 Å². The van der Waals surface area contributed by atoms with Crippen LogP contribution in [0.15, 0.2) is 18.2 Å². The smallest absolute Gasteiger partial charge is 0.238 e. The first-order valence-corrected chi connectivity index (χ1v) is 6.57. The first-order chi connectivity index (χ1) is 8.79. The average molecular weight is 262 g/mol. The zero-order valence-corrected chi connectivity index (χ0v) is 12.0. The van der Waals surface area contributed by atoms with Gasteiger partial charge < -0.3 is 15.3 Å². The fraction of sp³-hybridized carbons (Fsp3) is 0.533. The highest BCUT2D eigenvalue weighted by Crippen LogP contribution is 2.45. The lowest BCUT2D eigenvalue weighted by molar-refractivity contribution is -0.116. The number of carbonyl (C=O) groups is 1. The van der Waals surface area contributed by atoms with Crippen LogP contribution in [0.3, 0.4) is 0 Å². The number of nitrogens with one attached hydrogen (secondary N) is 1. The molecule has 0 saturated heterocycles. The molecule has 0 radical (unpaired) electrons. The second-order valence-electron chi connectivity index (χ2n) is 6.19. The van der Waals surface area contributed by atoms with Crippen molar-refractivity contribution in [2.24, 2.45) is 0 Å². The van der Waals surface area contributed by atoms with Crippen LogP contribution in [0.1, 0.15) is 37.5 Å². The molecule has 0 bridgehead atoms. The second-order valence-corrected chi connectivity index (χ2v) is 6.19. The molecule has 0 saturated carbocycles. The third kappa shape index (κ3) is 2.96. The predicted molar refractivity (Wildman–Crippen MR) is 76.2 cm³/mol. The van der Waals surface area contributed by atoms with Gasteiger partial charge in [-0.1, -0.05) is 19.9 Å². The van der Waals surface area contributed by atoms with E-state index >= 15 is 0 Å². The highest BCUT2D eigenvalue weighted by atomic mass is 16.3. The molecule has 1 aliphatic carbocycles. The van der Waals surface area contributed by atoms with E-state index < -0.39 is 6.10 Å². The van der Waals surface area contributed by atoms with E-state index in [4.69, 9.17) is 0 Å². The summed E-state index contributed by atoms with van der Waals surface area (Å²) in [6, 6.07) is 5.81. The Morgan fingerprint density at radius 3 is 2.79 bits per heavy atom. The molecule has 0 aliphatic heterocycles. The zero-order valence-electron chi connectivity index (χ0n) is 12.0. The van der Waals surface area contributed by atoms with Crippen molar-refractivity contribution < 1.29 is 9.90 Å². The molecule has 4 nitrogen and oxygen atoms in total. The number of amides is 1. The standard InChI is InChI=1S/C15H22N2O2/c1-15(2)8-13(18)11-7-10(5-6-12(11)15)16-14(19)9-17(3)4/h5-7,13,18H,8-9H2,1-4H3,(H,16,19)/t13-/m0/s1. The largest absolute Gasteiger partial charge is 0.388 e. The number of carbonyl (C=O) groups excluding carboxylic acids is 1. The Labute approximate surface area is 114 Å². The molecule has 0 fully saturated rings. The Balaban J connectivity index is 2.19. The molecule has 1 aromatic carbocycles. The van der Waals surface area contributed by atoms with Crippen LogP contribution in [-0.2, 0) is 10.2 Å². The monoisotopic (exact) mass is 262 g/mol. The second kappa shape index (κ2) is 4.94. The Morgan fingerprint density at radius 2 is 2.16 bits per heavy atom. The summed E-state index contributed by atoms with van der Waals surface area (Å²) in [7, 11) is 3.71. The van der Waals surface area contributed by atoms with Crippen molar-refractivity contribution in [3.63, 3.8) is 0 Å². The van der Waals surface area contributed by atoms with E-state index in [1.54, 1.807) is 0 Å². The molecule has 2 rings (SSSR count). The number of hydrogen-bond acceptors (Lipinski definition) is 3. The minimum Gasteiger partial charge on any atom is -0.388 e. The molecule has 0 aromatic heterocycles. The number of hydrogen-bond donors (Lipinski definition) is 2. The molecule has 1 aliphatic rings. The number of nitrogens with zero attached hydrogens (tertiary/aromatic N) is 1. The summed E-state index contributed by atoms with van der Waals surface area (Å²) in [6.45, 7) is 4.61. The fourth-order valence-corrected chi connectivity index (χ4v) is 2.72. The lowest BCUT2D eigenvalue weighted by Gasteiger charge is -2.18. The number of likely N-dealkylation sites (N-methyl/N-ethyl adjacent to an activating group) is 1. The molecule has 2 N–H and O–H groups in total. The molecule has 0 heterocycles. The summed E-state index contributed by atoms with van der Waals surface area (Å²) in [5.41, 5.74) is 2.86. The maximum atomic E-state index is 11.7. The first kappa shape index (κ1) is 14.0. The molecule has 19 heavy (non-hydrogen) atoms. The number of aliphatic hydroxyl groups excluding tert-OH is 1. The van der Waals surface area contributed by atoms with Gasteiger partial charge in [0.05, 0.1) is 12.6 Å². The Kier molecular flexibility index (Phi) is 3.65. The SMILES string of the molecule is CN(C)CC(=O)Nc1ccc2c(c1)[C@@H](O)CC2(C)C. The number of fused-ring (bicyclic) bond motifs is 1. The Bertz CT molecular complexity index is 495. The van der Waals surface area contributed by atoms with Crippen LogP contribution in [0, 0.1) is 0 Å². The molecular weight excluding hydrogens is 240 g/mol. The van der Waals surface area contributed by atoms with Crippen molar-refractivity contribution >= 4 is 11.6 Å². The third-order valence-corrected chi connectivity index (χ3v) is 3.59. The van der Waals surface area contributed by atoms with Gasteiger partial charge in [-0.15, -0.1) is 0 Å². The minimum atomic E-state index is -0.435. The van der Waals surface area contributed by atoms with E-state index in [0.29, 0.717) is 6.54 Å². The van der Waals surface area contributed by atoms with Crippen LogP contribution in [0.25, 0.3) is 0 Å². The first-order valence-electron chi connectivity index (χ1n) is 6.57. The van der Waals surface area contributed by atoms with Crippen LogP contribution in [0.5, 0.6) is 0 Å². The minimum absolute atomic E-state index is 0.000918. The summed E-state index contributed by atoms with van der Waals surface area (Å²) in [6.07, 6.45) is 0.299. The summed E-state index contributed by atoms with van der Waals surface area (Å²) in [5.74, 6) is -0.0447. The zero-order chi connectivity index (χ0) is 14.2. The van der Waals surface area contributed by atoms with Gasteiger partial charge in [0.25, 0.3) is 0 Å². The van der Waals surface area contributed by atoms with Gasteiger partial charge in [0.15, 0.2) is 0 Å². The summed E-state index contributed by atoms with van der Waals surface area (Å²) in [5, 5.41) is 13.0. The third-order valence-electron chi connectivity index (χ3n) is 3.59. The maximum absolute atomic E-state index is 11.7. The van der Waals surface area contributed by atoms with Crippen LogP contribution >= 0.6 is 0 Å². The molecule has 104 valence electrons. The Morgan fingerprint density at radius 1 is 1.47 bits per heavy atom. The van der Waals surface area contributed by atoms with E-state index in [1.165, 1.54) is 5.56 Å². The van der Waals surface area contributed by atoms with Gasteiger partial charge in [-0.3, -0.25) is 4.79 Å². The van der Waals surface area contributed by atoms with Crippen molar-refractivity contribution in [1.82, 2.24) is 4.90 Å². The lowest BCUT2D eigenvalue weighted by Crippen LogP contribution is -2.27. The van der Waals surface area contributed by atoms with E-state index in [0.717, 1.165) is 17.7 Å². The van der Waals surface area contributed by atoms with Gasteiger partial charge in [0.2, 0.25) is 5.91 Å². The summed E-state index contributed by atoms with van der Waals surface area (Å²) >= 11 is 0. The highest BCUT2D eigenvalue weighted by molar-refractivity contribution is 5.92. The van der Waals surface area contributed by atoms with E-state index in [1.807, 2.05) is 37.2 Å². The van der Waals surface area contributed by atoms with Crippen molar-refractivity contribution in [3.8, 4) is 0 Å². The van der Waals surface area contributed by atoms with Crippen molar-refractivity contribution in [3.05, 3.63) is 29.3 Å². The molecule has 4 heteroatoms.